The lowest BCUT2D eigenvalue weighted by Crippen LogP contribution is -2.10. The molecular formula is C8H6Cl3FN2. The summed E-state index contributed by atoms with van der Waals surface area (Å²) in [5.41, 5.74) is 0.624. The molecule has 0 aliphatic heterocycles. The number of alkyl halides is 3. The maximum Gasteiger partial charge on any atom is 0.250 e. The van der Waals surface area contributed by atoms with Crippen LogP contribution in [-0.2, 0) is 3.79 Å². The molecule has 1 aliphatic rings. The first-order chi connectivity index (χ1) is 6.47. The van der Waals surface area contributed by atoms with E-state index in [1.807, 2.05) is 0 Å². The first kappa shape index (κ1) is 10.4. The summed E-state index contributed by atoms with van der Waals surface area (Å²) in [6, 6.07) is 1.29. The van der Waals surface area contributed by atoms with Gasteiger partial charge in [0.1, 0.15) is 0 Å². The van der Waals surface area contributed by atoms with Gasteiger partial charge in [-0.25, -0.2) is 4.98 Å². The second kappa shape index (κ2) is 3.47. The summed E-state index contributed by atoms with van der Waals surface area (Å²) in [4.78, 5) is 7.46. The van der Waals surface area contributed by atoms with Crippen LogP contribution in [0.3, 0.4) is 0 Å². The lowest BCUT2D eigenvalue weighted by molar-refractivity contribution is 0.566. The Morgan fingerprint density at radius 3 is 2.43 bits per heavy atom. The molecule has 0 unspecified atom stereocenters. The highest BCUT2D eigenvalue weighted by Crippen LogP contribution is 2.41. The molecule has 1 aromatic heterocycles. The largest absolute Gasteiger partial charge is 0.250 e. The van der Waals surface area contributed by atoms with E-state index >= 15 is 0 Å². The van der Waals surface area contributed by atoms with Gasteiger partial charge in [-0.15, -0.1) is 0 Å². The van der Waals surface area contributed by atoms with E-state index in [0.29, 0.717) is 11.6 Å². The highest BCUT2D eigenvalue weighted by molar-refractivity contribution is 6.66. The lowest BCUT2D eigenvalue weighted by atomic mass is 10.3. The van der Waals surface area contributed by atoms with Gasteiger partial charge in [-0.05, 0) is 12.8 Å². The average molecular weight is 256 g/mol. The summed E-state index contributed by atoms with van der Waals surface area (Å²) < 4.78 is 11.3. The number of hydrogen-bond acceptors (Lipinski definition) is 2. The molecule has 0 spiro atoms. The molecule has 6 heteroatoms. The van der Waals surface area contributed by atoms with Crippen molar-refractivity contribution in [1.82, 2.24) is 9.97 Å². The molecule has 1 saturated carbocycles. The van der Waals surface area contributed by atoms with Crippen LogP contribution in [0.15, 0.2) is 6.07 Å². The Balaban J connectivity index is 2.41. The first-order valence-corrected chi connectivity index (χ1v) is 5.22. The third-order valence-electron chi connectivity index (χ3n) is 1.96. The summed E-state index contributed by atoms with van der Waals surface area (Å²) in [5.74, 6) is -0.439. The van der Waals surface area contributed by atoms with Gasteiger partial charge in [-0.1, -0.05) is 34.8 Å². The van der Waals surface area contributed by atoms with Gasteiger partial charge < -0.3 is 0 Å². The van der Waals surface area contributed by atoms with Crippen LogP contribution in [0.4, 0.5) is 4.39 Å². The Hall–Kier alpha value is -0.120. The van der Waals surface area contributed by atoms with Gasteiger partial charge in [0.2, 0.25) is 9.74 Å². The zero-order valence-electron chi connectivity index (χ0n) is 6.98. The van der Waals surface area contributed by atoms with Crippen LogP contribution in [0.25, 0.3) is 0 Å². The van der Waals surface area contributed by atoms with Crippen molar-refractivity contribution in [2.45, 2.75) is 22.6 Å². The molecule has 0 N–H and O–H groups in total. The van der Waals surface area contributed by atoms with E-state index in [0.717, 1.165) is 12.8 Å². The summed E-state index contributed by atoms with van der Waals surface area (Å²) >= 11 is 16.7. The van der Waals surface area contributed by atoms with E-state index in [1.54, 1.807) is 0 Å². The van der Waals surface area contributed by atoms with Crippen LogP contribution in [0, 0.1) is 5.95 Å². The molecule has 0 saturated heterocycles. The van der Waals surface area contributed by atoms with Crippen molar-refractivity contribution in [3.05, 3.63) is 23.5 Å². The minimum atomic E-state index is -1.76. The zero-order valence-corrected chi connectivity index (χ0v) is 9.24. The SMILES string of the molecule is Fc1cc(C2CC2)nc(C(Cl)(Cl)Cl)n1. The van der Waals surface area contributed by atoms with Gasteiger partial charge in [-0.3, -0.25) is 0 Å². The molecule has 0 radical (unpaired) electrons. The van der Waals surface area contributed by atoms with Gasteiger partial charge in [0.25, 0.3) is 0 Å². The van der Waals surface area contributed by atoms with E-state index in [1.165, 1.54) is 6.07 Å². The monoisotopic (exact) mass is 254 g/mol. The molecule has 1 heterocycles. The van der Waals surface area contributed by atoms with E-state index in [9.17, 15) is 4.39 Å². The number of halogens is 4. The first-order valence-electron chi connectivity index (χ1n) is 4.08. The van der Waals surface area contributed by atoms with E-state index in [2.05, 4.69) is 9.97 Å². The molecule has 76 valence electrons. The van der Waals surface area contributed by atoms with Crippen molar-refractivity contribution in [2.24, 2.45) is 0 Å². The van der Waals surface area contributed by atoms with E-state index < -0.39 is 9.74 Å². The summed E-state index contributed by atoms with van der Waals surface area (Å²) in [6.45, 7) is 0. The standard InChI is InChI=1S/C8H6Cl3FN2/c9-8(10,11)7-13-5(4-1-2-4)3-6(12)14-7/h3-4H,1-2H2. The van der Waals surface area contributed by atoms with Gasteiger partial charge in [0.15, 0.2) is 5.82 Å². The van der Waals surface area contributed by atoms with Gasteiger partial charge in [-0.2, -0.15) is 9.37 Å². The van der Waals surface area contributed by atoms with Crippen LogP contribution in [0.1, 0.15) is 30.3 Å². The molecule has 1 aromatic rings. The second-order valence-electron chi connectivity index (χ2n) is 3.21. The van der Waals surface area contributed by atoms with Crippen molar-refractivity contribution < 1.29 is 4.39 Å². The maximum atomic E-state index is 13.0. The minimum absolute atomic E-state index is 0.0931. The summed E-state index contributed by atoms with van der Waals surface area (Å²) in [6.07, 6.45) is 2.02. The second-order valence-corrected chi connectivity index (χ2v) is 5.49. The number of aromatic nitrogens is 2. The molecule has 2 rings (SSSR count). The highest BCUT2D eigenvalue weighted by atomic mass is 35.6. The predicted molar refractivity (Wildman–Crippen MR) is 53.2 cm³/mol. The molecule has 14 heavy (non-hydrogen) atoms. The number of hydrogen-bond donors (Lipinski definition) is 0. The molecule has 1 aliphatic carbocycles. The molecule has 0 amide bonds. The molecular weight excluding hydrogens is 249 g/mol. The van der Waals surface area contributed by atoms with Gasteiger partial charge in [0, 0.05) is 12.0 Å². The Morgan fingerprint density at radius 2 is 1.93 bits per heavy atom. The van der Waals surface area contributed by atoms with Crippen LogP contribution in [-0.4, -0.2) is 9.97 Å². The van der Waals surface area contributed by atoms with Crippen LogP contribution in [0.5, 0.6) is 0 Å². The molecule has 1 fully saturated rings. The highest BCUT2D eigenvalue weighted by Gasteiger charge is 2.31. The van der Waals surface area contributed by atoms with Gasteiger partial charge in [0.05, 0.1) is 5.69 Å². The fourth-order valence-corrected chi connectivity index (χ4v) is 1.40. The fraction of sp³-hybridized carbons (Fsp3) is 0.500. The van der Waals surface area contributed by atoms with Gasteiger partial charge >= 0.3 is 0 Å². The van der Waals surface area contributed by atoms with Crippen LogP contribution in [0.2, 0.25) is 0 Å². The van der Waals surface area contributed by atoms with E-state index in [4.69, 9.17) is 34.8 Å². The Kier molecular flexibility index (Phi) is 2.58. The minimum Gasteiger partial charge on any atom is -0.233 e. The van der Waals surface area contributed by atoms with Crippen molar-refractivity contribution in [2.75, 3.05) is 0 Å². The Morgan fingerprint density at radius 1 is 1.29 bits per heavy atom. The topological polar surface area (TPSA) is 25.8 Å². The summed E-state index contributed by atoms with van der Waals surface area (Å²) in [5, 5.41) is 0. The summed E-state index contributed by atoms with van der Waals surface area (Å²) in [7, 11) is 0. The molecule has 0 atom stereocenters. The zero-order chi connectivity index (χ0) is 10.3. The van der Waals surface area contributed by atoms with Crippen molar-refractivity contribution >= 4 is 34.8 Å². The maximum absolute atomic E-state index is 13.0. The molecule has 0 bridgehead atoms. The third kappa shape index (κ3) is 2.27. The normalized spacial score (nSPS) is 17.1. The Labute approximate surface area is 95.4 Å². The average Bonchev–Trinajstić information content (AvgIpc) is 2.83. The Bertz CT molecular complexity index is 360. The number of rotatable bonds is 1. The van der Waals surface area contributed by atoms with Crippen LogP contribution >= 0.6 is 34.8 Å². The molecule has 2 nitrogen and oxygen atoms in total. The van der Waals surface area contributed by atoms with Crippen LogP contribution < -0.4 is 0 Å². The fourth-order valence-electron chi connectivity index (χ4n) is 1.15. The quantitative estimate of drug-likeness (QED) is 0.568. The van der Waals surface area contributed by atoms with Crippen molar-refractivity contribution in [3.8, 4) is 0 Å². The number of nitrogens with zero attached hydrogens (tertiary/aromatic N) is 2. The predicted octanol–water partition coefficient (Wildman–Crippen LogP) is 3.32. The lowest BCUT2D eigenvalue weighted by Gasteiger charge is -2.10. The molecule has 0 aromatic carbocycles. The van der Waals surface area contributed by atoms with Crippen molar-refractivity contribution in [3.63, 3.8) is 0 Å². The smallest absolute Gasteiger partial charge is 0.233 e. The van der Waals surface area contributed by atoms with Crippen molar-refractivity contribution in [1.29, 1.82) is 0 Å². The van der Waals surface area contributed by atoms with E-state index in [-0.39, 0.29) is 5.82 Å². The third-order valence-corrected chi connectivity index (χ3v) is 2.47.